The standard InChI is InChI=1S/C10H19F/c1-8(2)10(4)9(3)6-5-7-11/h9-10H,1,5-7H2,2-4H3. The Hall–Kier alpha value is -0.330. The maximum absolute atomic E-state index is 11.8. The number of hydrogen-bond acceptors (Lipinski definition) is 0. The summed E-state index contributed by atoms with van der Waals surface area (Å²) in [6.45, 7) is 10.1. The van der Waals surface area contributed by atoms with Gasteiger partial charge in [0.1, 0.15) is 0 Å². The van der Waals surface area contributed by atoms with Crippen molar-refractivity contribution in [3.8, 4) is 0 Å². The average molecular weight is 158 g/mol. The summed E-state index contributed by atoms with van der Waals surface area (Å²) in [4.78, 5) is 0. The van der Waals surface area contributed by atoms with E-state index in [2.05, 4.69) is 20.4 Å². The Morgan fingerprint density at radius 1 is 1.45 bits per heavy atom. The molecule has 0 nitrogen and oxygen atoms in total. The van der Waals surface area contributed by atoms with Gasteiger partial charge >= 0.3 is 0 Å². The molecule has 0 bridgehead atoms. The summed E-state index contributed by atoms with van der Waals surface area (Å²) in [7, 11) is 0. The van der Waals surface area contributed by atoms with Gasteiger partial charge in [0.2, 0.25) is 0 Å². The Morgan fingerprint density at radius 3 is 2.36 bits per heavy atom. The number of hydrogen-bond donors (Lipinski definition) is 0. The van der Waals surface area contributed by atoms with Gasteiger partial charge < -0.3 is 0 Å². The Kier molecular flexibility index (Phi) is 5.18. The molecule has 0 aliphatic rings. The van der Waals surface area contributed by atoms with Gasteiger partial charge in [0, 0.05) is 0 Å². The molecule has 0 aromatic rings. The van der Waals surface area contributed by atoms with Gasteiger partial charge in [-0.05, 0) is 31.6 Å². The largest absolute Gasteiger partial charge is 0.251 e. The summed E-state index contributed by atoms with van der Waals surface area (Å²) < 4.78 is 11.8. The van der Waals surface area contributed by atoms with Crippen molar-refractivity contribution in [2.24, 2.45) is 11.8 Å². The molecule has 0 aromatic carbocycles. The molecular weight excluding hydrogens is 139 g/mol. The van der Waals surface area contributed by atoms with E-state index in [1.807, 2.05) is 6.92 Å². The molecule has 0 amide bonds. The average Bonchev–Trinajstić information content (AvgIpc) is 1.98. The van der Waals surface area contributed by atoms with E-state index in [0.29, 0.717) is 18.3 Å². The summed E-state index contributed by atoms with van der Waals surface area (Å²) in [6.07, 6.45) is 1.67. The lowest BCUT2D eigenvalue weighted by atomic mass is 9.87. The minimum atomic E-state index is -0.187. The zero-order valence-corrected chi connectivity index (χ0v) is 7.86. The van der Waals surface area contributed by atoms with Gasteiger partial charge in [-0.15, -0.1) is 0 Å². The van der Waals surface area contributed by atoms with Crippen LogP contribution in [-0.4, -0.2) is 6.67 Å². The molecule has 0 fully saturated rings. The van der Waals surface area contributed by atoms with Crippen molar-refractivity contribution < 1.29 is 4.39 Å². The molecule has 0 N–H and O–H groups in total. The maximum atomic E-state index is 11.8. The predicted molar refractivity (Wildman–Crippen MR) is 48.4 cm³/mol. The monoisotopic (exact) mass is 158 g/mol. The fourth-order valence-electron chi connectivity index (χ4n) is 1.13. The molecule has 11 heavy (non-hydrogen) atoms. The van der Waals surface area contributed by atoms with Crippen LogP contribution in [0.3, 0.4) is 0 Å². The van der Waals surface area contributed by atoms with Crippen LogP contribution in [0.25, 0.3) is 0 Å². The van der Waals surface area contributed by atoms with Crippen molar-refractivity contribution in [3.63, 3.8) is 0 Å². The smallest absolute Gasteiger partial charge is 0.0894 e. The lowest BCUT2D eigenvalue weighted by Crippen LogP contribution is -2.08. The van der Waals surface area contributed by atoms with Crippen molar-refractivity contribution in [1.82, 2.24) is 0 Å². The van der Waals surface area contributed by atoms with E-state index < -0.39 is 0 Å². The molecule has 2 unspecified atom stereocenters. The lowest BCUT2D eigenvalue weighted by Gasteiger charge is -2.19. The molecule has 0 saturated heterocycles. The van der Waals surface area contributed by atoms with E-state index in [1.54, 1.807) is 0 Å². The molecule has 0 aliphatic carbocycles. The number of alkyl halides is 1. The van der Waals surface area contributed by atoms with Gasteiger partial charge in [0.15, 0.2) is 0 Å². The van der Waals surface area contributed by atoms with Crippen LogP contribution in [0.2, 0.25) is 0 Å². The van der Waals surface area contributed by atoms with E-state index in [0.717, 1.165) is 6.42 Å². The first kappa shape index (κ1) is 10.7. The van der Waals surface area contributed by atoms with Crippen LogP contribution < -0.4 is 0 Å². The van der Waals surface area contributed by atoms with E-state index >= 15 is 0 Å². The van der Waals surface area contributed by atoms with Crippen LogP contribution in [-0.2, 0) is 0 Å². The normalized spacial score (nSPS) is 16.0. The van der Waals surface area contributed by atoms with Crippen LogP contribution in [0.15, 0.2) is 12.2 Å². The zero-order chi connectivity index (χ0) is 8.85. The molecule has 0 aromatic heterocycles. The summed E-state index contributed by atoms with van der Waals surface area (Å²) in [6, 6.07) is 0. The first-order valence-electron chi connectivity index (χ1n) is 4.31. The third-order valence-electron chi connectivity index (χ3n) is 2.42. The van der Waals surface area contributed by atoms with Crippen molar-refractivity contribution in [2.75, 3.05) is 6.67 Å². The molecule has 2 atom stereocenters. The van der Waals surface area contributed by atoms with Crippen molar-refractivity contribution >= 4 is 0 Å². The van der Waals surface area contributed by atoms with Gasteiger partial charge in [-0.2, -0.15) is 0 Å². The van der Waals surface area contributed by atoms with Crippen LogP contribution in [0.4, 0.5) is 4.39 Å². The Balaban J connectivity index is 3.63. The van der Waals surface area contributed by atoms with Crippen molar-refractivity contribution in [1.29, 1.82) is 0 Å². The number of allylic oxidation sites excluding steroid dienone is 1. The summed E-state index contributed by atoms with van der Waals surface area (Å²) >= 11 is 0. The Labute approximate surface area is 69.5 Å². The highest BCUT2D eigenvalue weighted by Crippen LogP contribution is 2.22. The minimum absolute atomic E-state index is 0.187. The van der Waals surface area contributed by atoms with Gasteiger partial charge in [0.25, 0.3) is 0 Å². The lowest BCUT2D eigenvalue weighted by molar-refractivity contribution is 0.365. The molecule has 1 heteroatoms. The fourth-order valence-corrected chi connectivity index (χ4v) is 1.13. The summed E-state index contributed by atoms with van der Waals surface area (Å²) in [5.41, 5.74) is 1.20. The highest BCUT2D eigenvalue weighted by atomic mass is 19.1. The molecule has 66 valence electrons. The Morgan fingerprint density at radius 2 is 2.00 bits per heavy atom. The second-order valence-electron chi connectivity index (χ2n) is 3.44. The molecule has 0 rings (SSSR count). The quantitative estimate of drug-likeness (QED) is 0.536. The summed E-state index contributed by atoms with van der Waals surface area (Å²) in [5, 5.41) is 0. The molecule has 0 heterocycles. The number of halogens is 1. The van der Waals surface area contributed by atoms with Gasteiger partial charge in [0.05, 0.1) is 6.67 Å². The molecule has 0 saturated carbocycles. The van der Waals surface area contributed by atoms with E-state index in [1.165, 1.54) is 5.57 Å². The SMILES string of the molecule is C=C(C)C(C)C(C)CCCF. The zero-order valence-electron chi connectivity index (χ0n) is 7.86. The number of rotatable bonds is 5. The topological polar surface area (TPSA) is 0 Å². The van der Waals surface area contributed by atoms with E-state index in [4.69, 9.17) is 0 Å². The van der Waals surface area contributed by atoms with E-state index in [-0.39, 0.29) is 6.67 Å². The minimum Gasteiger partial charge on any atom is -0.251 e. The first-order chi connectivity index (χ1) is 5.09. The third-order valence-corrected chi connectivity index (χ3v) is 2.42. The van der Waals surface area contributed by atoms with Crippen molar-refractivity contribution in [3.05, 3.63) is 12.2 Å². The molecule has 0 radical (unpaired) electrons. The second-order valence-corrected chi connectivity index (χ2v) is 3.44. The maximum Gasteiger partial charge on any atom is 0.0894 e. The van der Waals surface area contributed by atoms with Gasteiger partial charge in [-0.1, -0.05) is 26.0 Å². The third kappa shape index (κ3) is 4.18. The van der Waals surface area contributed by atoms with Crippen LogP contribution in [0, 0.1) is 11.8 Å². The highest BCUT2D eigenvalue weighted by molar-refractivity contribution is 4.95. The van der Waals surface area contributed by atoms with Crippen LogP contribution >= 0.6 is 0 Å². The van der Waals surface area contributed by atoms with E-state index in [9.17, 15) is 4.39 Å². The van der Waals surface area contributed by atoms with Crippen LogP contribution in [0.1, 0.15) is 33.6 Å². The summed E-state index contributed by atoms with van der Waals surface area (Å²) in [5.74, 6) is 1.10. The predicted octanol–water partition coefficient (Wildman–Crippen LogP) is 3.58. The molecular formula is C10H19F. The fraction of sp³-hybridized carbons (Fsp3) is 0.800. The van der Waals surface area contributed by atoms with Crippen LogP contribution in [0.5, 0.6) is 0 Å². The Bertz CT molecular complexity index is 118. The second kappa shape index (κ2) is 5.34. The van der Waals surface area contributed by atoms with Gasteiger partial charge in [-0.25, -0.2) is 0 Å². The highest BCUT2D eigenvalue weighted by Gasteiger charge is 2.11. The molecule has 0 aliphatic heterocycles. The molecule has 0 spiro atoms. The van der Waals surface area contributed by atoms with Crippen molar-refractivity contribution in [2.45, 2.75) is 33.6 Å². The first-order valence-corrected chi connectivity index (χ1v) is 4.31. The van der Waals surface area contributed by atoms with Gasteiger partial charge in [-0.3, -0.25) is 4.39 Å².